The first-order valence-corrected chi connectivity index (χ1v) is 3.81. The molecule has 0 aliphatic heterocycles. The molecule has 0 amide bonds. The van der Waals surface area contributed by atoms with E-state index in [4.69, 9.17) is 9.94 Å². The lowest BCUT2D eigenvalue weighted by Crippen LogP contribution is -2.29. The molecule has 0 rings (SSSR count). The summed E-state index contributed by atoms with van der Waals surface area (Å²) in [4.78, 5) is 15.5. The van der Waals surface area contributed by atoms with E-state index in [1.807, 2.05) is 6.92 Å². The highest BCUT2D eigenvalue weighted by molar-refractivity contribution is 5.68. The maximum absolute atomic E-state index is 10.7. The summed E-state index contributed by atoms with van der Waals surface area (Å²) in [5.41, 5.74) is 0. The molecule has 0 fully saturated rings. The van der Waals surface area contributed by atoms with Gasteiger partial charge in [-0.3, -0.25) is 4.79 Å². The Labute approximate surface area is 66.7 Å². The van der Waals surface area contributed by atoms with Crippen LogP contribution in [0.3, 0.4) is 0 Å². The fourth-order valence-electron chi connectivity index (χ4n) is 0.588. The number of aliphatic hydroxyl groups is 1. The Kier molecular flexibility index (Phi) is 5.78. The SMILES string of the molecule is CCC(=O)ON(CC)CCO. The number of likely N-dealkylation sites (N-methyl/N-ethyl adjacent to an activating group) is 1. The highest BCUT2D eigenvalue weighted by atomic mass is 16.7. The van der Waals surface area contributed by atoms with Crippen molar-refractivity contribution >= 4 is 5.97 Å². The molecule has 0 aromatic heterocycles. The number of nitrogens with zero attached hydrogens (tertiary/aromatic N) is 1. The molecular formula is C7H15NO3. The Morgan fingerprint density at radius 1 is 1.55 bits per heavy atom. The Hall–Kier alpha value is -0.610. The Morgan fingerprint density at radius 2 is 2.18 bits per heavy atom. The van der Waals surface area contributed by atoms with Crippen molar-refractivity contribution in [2.24, 2.45) is 0 Å². The summed E-state index contributed by atoms with van der Waals surface area (Å²) in [6.07, 6.45) is 0.363. The molecule has 4 heteroatoms. The van der Waals surface area contributed by atoms with Crippen molar-refractivity contribution in [2.45, 2.75) is 20.3 Å². The average Bonchev–Trinajstić information content (AvgIpc) is 2.03. The molecule has 0 spiro atoms. The second kappa shape index (κ2) is 6.12. The fourth-order valence-corrected chi connectivity index (χ4v) is 0.588. The molecule has 1 N–H and O–H groups in total. The molecule has 0 saturated carbocycles. The van der Waals surface area contributed by atoms with Gasteiger partial charge in [-0.25, -0.2) is 0 Å². The zero-order valence-electron chi connectivity index (χ0n) is 7.04. The van der Waals surface area contributed by atoms with E-state index in [0.29, 0.717) is 19.5 Å². The van der Waals surface area contributed by atoms with Crippen molar-refractivity contribution in [1.82, 2.24) is 5.06 Å². The van der Waals surface area contributed by atoms with Crippen molar-refractivity contribution in [3.63, 3.8) is 0 Å². The molecule has 11 heavy (non-hydrogen) atoms. The number of hydrogen-bond donors (Lipinski definition) is 1. The van der Waals surface area contributed by atoms with Gasteiger partial charge in [-0.15, -0.1) is 5.06 Å². The second-order valence-electron chi connectivity index (χ2n) is 2.06. The van der Waals surface area contributed by atoms with Crippen molar-refractivity contribution in [1.29, 1.82) is 0 Å². The molecule has 0 aromatic carbocycles. The number of carbonyl (C=O) groups excluding carboxylic acids is 1. The normalized spacial score (nSPS) is 10.2. The summed E-state index contributed by atoms with van der Waals surface area (Å²) < 4.78 is 0. The average molecular weight is 161 g/mol. The van der Waals surface area contributed by atoms with Crippen LogP contribution in [0.25, 0.3) is 0 Å². The molecule has 0 aromatic rings. The van der Waals surface area contributed by atoms with E-state index in [0.717, 1.165) is 0 Å². The van der Waals surface area contributed by atoms with Gasteiger partial charge in [0.25, 0.3) is 0 Å². The first-order valence-electron chi connectivity index (χ1n) is 3.81. The molecule has 0 bridgehead atoms. The third kappa shape index (κ3) is 4.75. The van der Waals surface area contributed by atoms with E-state index in [9.17, 15) is 4.79 Å². The molecule has 0 heterocycles. The van der Waals surface area contributed by atoms with Gasteiger partial charge in [-0.1, -0.05) is 6.92 Å². The van der Waals surface area contributed by atoms with Gasteiger partial charge in [-0.05, 0) is 6.92 Å². The van der Waals surface area contributed by atoms with Crippen LogP contribution >= 0.6 is 0 Å². The summed E-state index contributed by atoms with van der Waals surface area (Å²) in [7, 11) is 0. The van der Waals surface area contributed by atoms with E-state index >= 15 is 0 Å². The van der Waals surface area contributed by atoms with Crippen LogP contribution in [-0.2, 0) is 9.63 Å². The number of rotatable bonds is 5. The quantitative estimate of drug-likeness (QED) is 0.584. The summed E-state index contributed by atoms with van der Waals surface area (Å²) in [6, 6.07) is 0. The van der Waals surface area contributed by atoms with E-state index < -0.39 is 0 Å². The van der Waals surface area contributed by atoms with Crippen molar-refractivity contribution in [3.8, 4) is 0 Å². The van der Waals surface area contributed by atoms with Crippen LogP contribution in [0.4, 0.5) is 0 Å². The van der Waals surface area contributed by atoms with Gasteiger partial charge in [0.05, 0.1) is 13.2 Å². The van der Waals surface area contributed by atoms with Crippen molar-refractivity contribution < 1.29 is 14.7 Å². The lowest BCUT2D eigenvalue weighted by atomic mass is 10.5. The standard InChI is InChI=1S/C7H15NO3/c1-3-7(10)11-8(4-2)5-6-9/h9H,3-6H2,1-2H3. The maximum Gasteiger partial charge on any atom is 0.324 e. The lowest BCUT2D eigenvalue weighted by molar-refractivity contribution is -0.190. The number of carbonyl (C=O) groups is 1. The van der Waals surface area contributed by atoms with Crippen LogP contribution in [0.1, 0.15) is 20.3 Å². The summed E-state index contributed by atoms with van der Waals surface area (Å²) in [5.74, 6) is -0.264. The number of aliphatic hydroxyl groups excluding tert-OH is 1. The highest BCUT2D eigenvalue weighted by Crippen LogP contribution is 1.92. The summed E-state index contributed by atoms with van der Waals surface area (Å²) in [6.45, 7) is 4.58. The van der Waals surface area contributed by atoms with Gasteiger partial charge >= 0.3 is 5.97 Å². The number of hydrogen-bond acceptors (Lipinski definition) is 4. The first kappa shape index (κ1) is 10.4. The molecule has 0 saturated heterocycles. The second-order valence-corrected chi connectivity index (χ2v) is 2.06. The Balaban J connectivity index is 3.58. The highest BCUT2D eigenvalue weighted by Gasteiger charge is 2.06. The van der Waals surface area contributed by atoms with Crippen LogP contribution in [0.5, 0.6) is 0 Å². The van der Waals surface area contributed by atoms with Gasteiger partial charge in [0.1, 0.15) is 0 Å². The van der Waals surface area contributed by atoms with E-state index in [1.54, 1.807) is 6.92 Å². The zero-order valence-corrected chi connectivity index (χ0v) is 7.04. The predicted molar refractivity (Wildman–Crippen MR) is 40.7 cm³/mol. The van der Waals surface area contributed by atoms with Gasteiger partial charge in [0, 0.05) is 13.0 Å². The third-order valence-electron chi connectivity index (χ3n) is 1.22. The monoisotopic (exact) mass is 161 g/mol. The first-order chi connectivity index (χ1) is 5.24. The van der Waals surface area contributed by atoms with Gasteiger partial charge in [0.2, 0.25) is 0 Å². The fraction of sp³-hybridized carbons (Fsp3) is 0.857. The summed E-state index contributed by atoms with van der Waals surface area (Å²) >= 11 is 0. The molecule has 0 aliphatic rings. The van der Waals surface area contributed by atoms with E-state index in [1.165, 1.54) is 5.06 Å². The Bertz CT molecular complexity index is 116. The molecule has 0 unspecified atom stereocenters. The summed E-state index contributed by atoms with van der Waals surface area (Å²) in [5, 5.41) is 9.96. The van der Waals surface area contributed by atoms with Crippen molar-refractivity contribution in [3.05, 3.63) is 0 Å². The molecular weight excluding hydrogens is 146 g/mol. The largest absolute Gasteiger partial charge is 0.395 e. The van der Waals surface area contributed by atoms with Crippen LogP contribution in [0.15, 0.2) is 0 Å². The minimum absolute atomic E-state index is 0.00480. The molecule has 4 nitrogen and oxygen atoms in total. The Morgan fingerprint density at radius 3 is 2.55 bits per heavy atom. The van der Waals surface area contributed by atoms with Crippen LogP contribution < -0.4 is 0 Å². The van der Waals surface area contributed by atoms with Gasteiger partial charge in [0.15, 0.2) is 0 Å². The van der Waals surface area contributed by atoms with Crippen LogP contribution in [0.2, 0.25) is 0 Å². The van der Waals surface area contributed by atoms with Crippen LogP contribution in [-0.4, -0.2) is 35.8 Å². The molecule has 0 atom stereocenters. The van der Waals surface area contributed by atoms with E-state index in [2.05, 4.69) is 0 Å². The zero-order chi connectivity index (χ0) is 8.69. The third-order valence-corrected chi connectivity index (χ3v) is 1.22. The number of hydroxylamine groups is 2. The molecule has 66 valence electrons. The van der Waals surface area contributed by atoms with E-state index in [-0.39, 0.29) is 12.6 Å². The topological polar surface area (TPSA) is 49.8 Å². The maximum atomic E-state index is 10.7. The minimum atomic E-state index is -0.264. The smallest absolute Gasteiger partial charge is 0.324 e. The lowest BCUT2D eigenvalue weighted by Gasteiger charge is -2.17. The van der Waals surface area contributed by atoms with Gasteiger partial charge in [-0.2, -0.15) is 0 Å². The molecule has 0 radical (unpaired) electrons. The van der Waals surface area contributed by atoms with Crippen LogP contribution in [0, 0.1) is 0 Å². The van der Waals surface area contributed by atoms with Gasteiger partial charge < -0.3 is 9.94 Å². The predicted octanol–water partition coefficient (Wildman–Crippen LogP) is 0.169. The minimum Gasteiger partial charge on any atom is -0.395 e. The van der Waals surface area contributed by atoms with Crippen molar-refractivity contribution in [2.75, 3.05) is 19.7 Å². The molecule has 0 aliphatic carbocycles.